The number of rotatable bonds is 5. The van der Waals surface area contributed by atoms with Gasteiger partial charge in [-0.2, -0.15) is 13.2 Å². The molecule has 9 heteroatoms. The van der Waals surface area contributed by atoms with Crippen molar-refractivity contribution in [2.75, 3.05) is 11.9 Å². The van der Waals surface area contributed by atoms with Gasteiger partial charge in [-0.05, 0) is 18.2 Å². The first-order valence-electron chi connectivity index (χ1n) is 6.00. The van der Waals surface area contributed by atoms with Gasteiger partial charge in [0.2, 0.25) is 0 Å². The van der Waals surface area contributed by atoms with Crippen LogP contribution in [0.5, 0.6) is 0 Å². The van der Waals surface area contributed by atoms with E-state index in [4.69, 9.17) is 16.7 Å². The summed E-state index contributed by atoms with van der Waals surface area (Å²) in [5, 5.41) is 18.9. The number of aliphatic hydroxyl groups excluding tert-OH is 1. The summed E-state index contributed by atoms with van der Waals surface area (Å²) in [6.07, 6.45) is -2.95. The molecule has 0 aliphatic heterocycles. The maximum Gasteiger partial charge on any atom is 0.418 e. The zero-order valence-electron chi connectivity index (χ0n) is 10.7. The van der Waals surface area contributed by atoms with Crippen LogP contribution in [0.3, 0.4) is 0 Å². The fourth-order valence-corrected chi connectivity index (χ4v) is 1.89. The fraction of sp³-hybridized carbons (Fsp3) is 0.333. The molecule has 0 aliphatic rings. The molecule has 0 amide bonds. The minimum Gasteiger partial charge on any atom is -0.394 e. The van der Waals surface area contributed by atoms with Gasteiger partial charge in [0.05, 0.1) is 31.5 Å². The summed E-state index contributed by atoms with van der Waals surface area (Å²) in [5.41, 5.74) is -0.451. The Morgan fingerprint density at radius 2 is 2.10 bits per heavy atom. The monoisotopic (exact) mass is 320 g/mol. The Labute approximate surface area is 123 Å². The van der Waals surface area contributed by atoms with E-state index in [1.807, 2.05) is 0 Å². The third-order valence-electron chi connectivity index (χ3n) is 2.66. The lowest BCUT2D eigenvalue weighted by Gasteiger charge is -2.14. The molecule has 1 aromatic carbocycles. The van der Waals surface area contributed by atoms with E-state index in [1.54, 1.807) is 6.20 Å². The predicted octanol–water partition coefficient (Wildman–Crippen LogP) is 2.55. The van der Waals surface area contributed by atoms with Gasteiger partial charge >= 0.3 is 6.18 Å². The normalized spacial score (nSPS) is 11.7. The van der Waals surface area contributed by atoms with Crippen molar-refractivity contribution < 1.29 is 18.3 Å². The van der Waals surface area contributed by atoms with Gasteiger partial charge < -0.3 is 10.4 Å². The number of nitrogens with one attached hydrogen (secondary N) is 1. The van der Waals surface area contributed by atoms with Crippen LogP contribution in [-0.4, -0.2) is 26.7 Å². The SMILES string of the molecule is OCCn1cc(CNc2ccc(Cl)cc2C(F)(F)F)nn1. The van der Waals surface area contributed by atoms with Crippen molar-refractivity contribution in [2.45, 2.75) is 19.3 Å². The highest BCUT2D eigenvalue weighted by Crippen LogP contribution is 2.36. The van der Waals surface area contributed by atoms with E-state index in [-0.39, 0.29) is 30.4 Å². The maximum absolute atomic E-state index is 12.9. The quantitative estimate of drug-likeness (QED) is 0.889. The molecule has 5 nitrogen and oxygen atoms in total. The van der Waals surface area contributed by atoms with Crippen LogP contribution in [0, 0.1) is 0 Å². The highest BCUT2D eigenvalue weighted by atomic mass is 35.5. The average Bonchev–Trinajstić information content (AvgIpc) is 2.84. The number of hydrogen-bond acceptors (Lipinski definition) is 4. The lowest BCUT2D eigenvalue weighted by atomic mass is 10.1. The van der Waals surface area contributed by atoms with Crippen LogP contribution >= 0.6 is 11.6 Å². The van der Waals surface area contributed by atoms with Crippen molar-refractivity contribution in [1.29, 1.82) is 0 Å². The van der Waals surface area contributed by atoms with Crippen molar-refractivity contribution in [3.8, 4) is 0 Å². The van der Waals surface area contributed by atoms with Gasteiger partial charge in [0.1, 0.15) is 5.69 Å². The summed E-state index contributed by atoms with van der Waals surface area (Å²) in [5.74, 6) is 0. The van der Waals surface area contributed by atoms with E-state index in [2.05, 4.69) is 15.6 Å². The number of aliphatic hydroxyl groups is 1. The van der Waals surface area contributed by atoms with E-state index in [0.29, 0.717) is 5.69 Å². The summed E-state index contributed by atoms with van der Waals surface area (Å²) in [6.45, 7) is 0.267. The number of halogens is 4. The van der Waals surface area contributed by atoms with Crippen LogP contribution in [0.25, 0.3) is 0 Å². The molecule has 2 N–H and O–H groups in total. The van der Waals surface area contributed by atoms with Crippen LogP contribution in [-0.2, 0) is 19.3 Å². The van der Waals surface area contributed by atoms with Gasteiger partial charge in [-0.1, -0.05) is 16.8 Å². The van der Waals surface area contributed by atoms with Crippen LogP contribution in [0.4, 0.5) is 18.9 Å². The maximum atomic E-state index is 12.9. The van der Waals surface area contributed by atoms with Crippen LogP contribution in [0.15, 0.2) is 24.4 Å². The molecule has 1 aromatic heterocycles. The number of anilines is 1. The van der Waals surface area contributed by atoms with Gasteiger partial charge in [-0.25, -0.2) is 4.68 Å². The number of benzene rings is 1. The predicted molar refractivity (Wildman–Crippen MR) is 70.9 cm³/mol. The molecular formula is C12H12ClF3N4O. The van der Waals surface area contributed by atoms with Crippen molar-refractivity contribution in [1.82, 2.24) is 15.0 Å². The standard InChI is InChI=1S/C12H12ClF3N4O/c13-8-1-2-11(10(5-8)12(14,15)16)17-6-9-7-20(3-4-21)19-18-9/h1-2,5,7,17,21H,3-4,6H2. The van der Waals surface area contributed by atoms with Crippen molar-refractivity contribution in [2.24, 2.45) is 0 Å². The van der Waals surface area contributed by atoms with E-state index in [1.165, 1.54) is 16.8 Å². The van der Waals surface area contributed by atoms with E-state index in [0.717, 1.165) is 6.07 Å². The molecule has 0 radical (unpaired) electrons. The Bertz CT molecular complexity index is 615. The lowest BCUT2D eigenvalue weighted by molar-refractivity contribution is -0.136. The minimum atomic E-state index is -4.50. The van der Waals surface area contributed by atoms with Crippen LogP contribution in [0.1, 0.15) is 11.3 Å². The van der Waals surface area contributed by atoms with Crippen molar-refractivity contribution >= 4 is 17.3 Å². The average molecular weight is 321 g/mol. The lowest BCUT2D eigenvalue weighted by Crippen LogP contribution is -2.11. The Kier molecular flexibility index (Phi) is 4.69. The molecule has 21 heavy (non-hydrogen) atoms. The molecule has 0 atom stereocenters. The van der Waals surface area contributed by atoms with Crippen LogP contribution < -0.4 is 5.32 Å². The summed E-state index contributed by atoms with van der Waals surface area (Å²) < 4.78 is 40.1. The number of nitrogens with zero attached hydrogens (tertiary/aromatic N) is 3. The second kappa shape index (κ2) is 6.31. The largest absolute Gasteiger partial charge is 0.418 e. The summed E-state index contributed by atoms with van der Waals surface area (Å²) in [4.78, 5) is 0. The van der Waals surface area contributed by atoms with E-state index in [9.17, 15) is 13.2 Å². The van der Waals surface area contributed by atoms with E-state index >= 15 is 0 Å². The first-order valence-corrected chi connectivity index (χ1v) is 6.38. The molecule has 2 rings (SSSR count). The van der Waals surface area contributed by atoms with E-state index < -0.39 is 11.7 Å². The topological polar surface area (TPSA) is 63.0 Å². The molecule has 0 saturated carbocycles. The number of aromatic nitrogens is 3. The molecule has 114 valence electrons. The van der Waals surface area contributed by atoms with Crippen molar-refractivity contribution in [3.05, 3.63) is 40.7 Å². The summed E-state index contributed by atoms with van der Waals surface area (Å²) >= 11 is 5.60. The molecule has 1 heterocycles. The van der Waals surface area contributed by atoms with Gasteiger partial charge in [-0.15, -0.1) is 5.10 Å². The van der Waals surface area contributed by atoms with Gasteiger partial charge in [0, 0.05) is 10.7 Å². The Balaban J connectivity index is 2.12. The van der Waals surface area contributed by atoms with Crippen LogP contribution in [0.2, 0.25) is 5.02 Å². The Morgan fingerprint density at radius 3 is 2.76 bits per heavy atom. The zero-order chi connectivity index (χ0) is 15.5. The van der Waals surface area contributed by atoms with Gasteiger partial charge in [0.15, 0.2) is 0 Å². The summed E-state index contributed by atoms with van der Waals surface area (Å²) in [7, 11) is 0. The molecule has 0 aliphatic carbocycles. The zero-order valence-corrected chi connectivity index (χ0v) is 11.5. The number of hydrogen-bond donors (Lipinski definition) is 2. The molecule has 0 bridgehead atoms. The second-order valence-electron chi connectivity index (χ2n) is 4.24. The molecule has 0 unspecified atom stereocenters. The second-order valence-corrected chi connectivity index (χ2v) is 4.67. The highest BCUT2D eigenvalue weighted by Gasteiger charge is 2.33. The molecular weight excluding hydrogens is 309 g/mol. The Hall–Kier alpha value is -1.80. The van der Waals surface area contributed by atoms with Gasteiger partial charge in [0.25, 0.3) is 0 Å². The third-order valence-corrected chi connectivity index (χ3v) is 2.90. The summed E-state index contributed by atoms with van der Waals surface area (Å²) in [6, 6.07) is 3.51. The van der Waals surface area contributed by atoms with Gasteiger partial charge in [-0.3, -0.25) is 0 Å². The number of alkyl halides is 3. The minimum absolute atomic E-state index is 0.0155. The van der Waals surface area contributed by atoms with Crippen molar-refractivity contribution in [3.63, 3.8) is 0 Å². The highest BCUT2D eigenvalue weighted by molar-refractivity contribution is 6.30. The first-order chi connectivity index (χ1) is 9.90. The Morgan fingerprint density at radius 1 is 1.33 bits per heavy atom. The molecule has 0 fully saturated rings. The smallest absolute Gasteiger partial charge is 0.394 e. The third kappa shape index (κ3) is 4.08. The fourth-order valence-electron chi connectivity index (χ4n) is 1.72. The molecule has 0 saturated heterocycles. The molecule has 0 spiro atoms. The molecule has 2 aromatic rings. The first kappa shape index (κ1) is 15.6.